The van der Waals surface area contributed by atoms with Crippen molar-refractivity contribution >= 4 is 27.3 Å². The number of aryl methyl sites for hydroxylation is 2. The third-order valence-electron chi connectivity index (χ3n) is 4.71. The summed E-state index contributed by atoms with van der Waals surface area (Å²) in [6.45, 7) is 0.671. The van der Waals surface area contributed by atoms with Crippen LogP contribution in [-0.2, 0) is 27.7 Å². The largest absolute Gasteiger partial charge is 0.312 e. The van der Waals surface area contributed by atoms with Gasteiger partial charge >= 0.3 is 0 Å². The third kappa shape index (κ3) is 2.84. The molecule has 2 aliphatic rings. The van der Waals surface area contributed by atoms with E-state index in [-0.39, 0.29) is 5.91 Å². The second-order valence-corrected chi connectivity index (χ2v) is 8.12. The predicted molar refractivity (Wildman–Crippen MR) is 92.6 cm³/mol. The number of halogens is 2. The maximum Gasteiger partial charge on any atom is 0.264 e. The van der Waals surface area contributed by atoms with Crippen molar-refractivity contribution in [2.45, 2.75) is 30.6 Å². The molecule has 8 heteroatoms. The first kappa shape index (κ1) is 17.0. The summed E-state index contributed by atoms with van der Waals surface area (Å²) in [5.41, 5.74) is 3.00. The predicted octanol–water partition coefficient (Wildman–Crippen LogP) is 2.99. The molecule has 0 saturated carbocycles. The van der Waals surface area contributed by atoms with Crippen LogP contribution in [0.25, 0.3) is 0 Å². The van der Waals surface area contributed by atoms with E-state index in [1.165, 1.54) is 0 Å². The van der Waals surface area contributed by atoms with E-state index in [4.69, 9.17) is 0 Å². The number of rotatable bonds is 3. The zero-order chi connectivity index (χ0) is 18.5. The van der Waals surface area contributed by atoms with Crippen LogP contribution in [0, 0.1) is 11.6 Å². The molecule has 5 nitrogen and oxygen atoms in total. The maximum absolute atomic E-state index is 13.9. The number of carbonyl (C=O) groups excluding carboxylic acids is 1. The monoisotopic (exact) mass is 378 g/mol. The number of nitrogens with zero attached hydrogens (tertiary/aromatic N) is 1. The smallest absolute Gasteiger partial charge is 0.264 e. The molecule has 0 saturated heterocycles. The van der Waals surface area contributed by atoms with Crippen LogP contribution in [-0.4, -0.2) is 20.9 Å². The highest BCUT2D eigenvalue weighted by molar-refractivity contribution is 7.92. The molecule has 1 N–H and O–H groups in total. The van der Waals surface area contributed by atoms with Crippen LogP contribution in [0.2, 0.25) is 0 Å². The molecule has 0 atom stereocenters. The SMILES string of the molecule is O=C1CCc2cc(NS(=O)(=O)c3ccc(F)cc3F)cc3c2N1CCC3. The fraction of sp³-hybridized carbons (Fsp3) is 0.278. The molecule has 0 bridgehead atoms. The summed E-state index contributed by atoms with van der Waals surface area (Å²) in [7, 11) is -4.19. The van der Waals surface area contributed by atoms with Crippen molar-refractivity contribution in [2.24, 2.45) is 0 Å². The van der Waals surface area contributed by atoms with Crippen LogP contribution in [0.15, 0.2) is 35.2 Å². The van der Waals surface area contributed by atoms with Crippen molar-refractivity contribution in [1.29, 1.82) is 0 Å². The zero-order valence-corrected chi connectivity index (χ0v) is 14.6. The Morgan fingerprint density at radius 1 is 1.00 bits per heavy atom. The van der Waals surface area contributed by atoms with Gasteiger partial charge in [-0.15, -0.1) is 0 Å². The number of hydrogen-bond acceptors (Lipinski definition) is 3. The normalized spacial score (nSPS) is 16.4. The van der Waals surface area contributed by atoms with Crippen LogP contribution < -0.4 is 9.62 Å². The molecular weight excluding hydrogens is 362 g/mol. The number of hydrogen-bond donors (Lipinski definition) is 1. The van der Waals surface area contributed by atoms with Crippen LogP contribution in [0.1, 0.15) is 24.0 Å². The van der Waals surface area contributed by atoms with Gasteiger partial charge in [-0.2, -0.15) is 0 Å². The molecule has 1 amide bonds. The Balaban J connectivity index is 1.72. The van der Waals surface area contributed by atoms with Crippen molar-refractivity contribution in [1.82, 2.24) is 0 Å². The van der Waals surface area contributed by atoms with Crippen LogP contribution in [0.3, 0.4) is 0 Å². The second-order valence-electron chi connectivity index (χ2n) is 6.47. The molecule has 0 radical (unpaired) electrons. The summed E-state index contributed by atoms with van der Waals surface area (Å²) in [5, 5.41) is 0. The van der Waals surface area contributed by atoms with E-state index < -0.39 is 26.6 Å². The van der Waals surface area contributed by atoms with Crippen LogP contribution in [0.5, 0.6) is 0 Å². The Morgan fingerprint density at radius 2 is 1.73 bits per heavy atom. The first-order chi connectivity index (χ1) is 12.3. The van der Waals surface area contributed by atoms with Gasteiger partial charge in [-0.25, -0.2) is 17.2 Å². The summed E-state index contributed by atoms with van der Waals surface area (Å²) in [6.07, 6.45) is 2.47. The Labute approximate surface area is 149 Å². The summed E-state index contributed by atoms with van der Waals surface area (Å²) in [5.74, 6) is -1.90. The van der Waals surface area contributed by atoms with E-state index in [9.17, 15) is 22.0 Å². The summed E-state index contributed by atoms with van der Waals surface area (Å²) in [6, 6.07) is 5.70. The molecule has 2 heterocycles. The van der Waals surface area contributed by atoms with Crippen LogP contribution >= 0.6 is 0 Å². The number of carbonyl (C=O) groups is 1. The van der Waals surface area contributed by atoms with Crippen molar-refractivity contribution in [2.75, 3.05) is 16.2 Å². The molecule has 2 aromatic carbocycles. The van der Waals surface area contributed by atoms with E-state index in [0.29, 0.717) is 31.1 Å². The minimum atomic E-state index is -4.19. The molecule has 26 heavy (non-hydrogen) atoms. The van der Waals surface area contributed by atoms with E-state index >= 15 is 0 Å². The lowest BCUT2D eigenvalue weighted by Crippen LogP contribution is -2.39. The minimum Gasteiger partial charge on any atom is -0.312 e. The van der Waals surface area contributed by atoms with Gasteiger partial charge in [0.1, 0.15) is 16.5 Å². The van der Waals surface area contributed by atoms with Gasteiger partial charge in [0.2, 0.25) is 5.91 Å². The second kappa shape index (κ2) is 6.05. The molecule has 0 fully saturated rings. The molecule has 2 aliphatic heterocycles. The number of sulfonamides is 1. The van der Waals surface area contributed by atoms with Crippen molar-refractivity contribution in [3.63, 3.8) is 0 Å². The fourth-order valence-electron chi connectivity index (χ4n) is 3.62. The average Bonchev–Trinajstić information content (AvgIpc) is 2.57. The van der Waals surface area contributed by atoms with Crippen LogP contribution in [0.4, 0.5) is 20.2 Å². The van der Waals surface area contributed by atoms with Gasteiger partial charge in [-0.05, 0) is 54.7 Å². The van der Waals surface area contributed by atoms with Gasteiger partial charge in [-0.3, -0.25) is 9.52 Å². The van der Waals surface area contributed by atoms with Crippen molar-refractivity contribution in [3.05, 3.63) is 53.1 Å². The van der Waals surface area contributed by atoms with Gasteiger partial charge in [0.15, 0.2) is 0 Å². The first-order valence-corrected chi connectivity index (χ1v) is 9.77. The lowest BCUT2D eigenvalue weighted by Gasteiger charge is -2.35. The van der Waals surface area contributed by atoms with E-state index in [1.807, 2.05) is 0 Å². The molecular formula is C18H16F2N2O3S. The van der Waals surface area contributed by atoms with Gasteiger partial charge in [0.05, 0.1) is 5.69 Å². The lowest BCUT2D eigenvalue weighted by molar-refractivity contribution is -0.119. The van der Waals surface area contributed by atoms with Gasteiger partial charge < -0.3 is 4.90 Å². The van der Waals surface area contributed by atoms with Gasteiger partial charge in [0, 0.05) is 24.7 Å². The maximum atomic E-state index is 13.9. The highest BCUT2D eigenvalue weighted by Gasteiger charge is 2.30. The fourth-order valence-corrected chi connectivity index (χ4v) is 4.72. The number of benzene rings is 2. The minimum absolute atomic E-state index is 0.0835. The van der Waals surface area contributed by atoms with Crippen molar-refractivity contribution < 1.29 is 22.0 Å². The zero-order valence-electron chi connectivity index (χ0n) is 13.8. The summed E-state index contributed by atoms with van der Waals surface area (Å²) in [4.78, 5) is 13.2. The van der Waals surface area contributed by atoms with Gasteiger partial charge in [0.25, 0.3) is 10.0 Å². The molecule has 0 aliphatic carbocycles. The van der Waals surface area contributed by atoms with Crippen molar-refractivity contribution in [3.8, 4) is 0 Å². The molecule has 4 rings (SSSR count). The number of nitrogens with one attached hydrogen (secondary N) is 1. The third-order valence-corrected chi connectivity index (χ3v) is 6.13. The van der Waals surface area contributed by atoms with Gasteiger partial charge in [-0.1, -0.05) is 0 Å². The topological polar surface area (TPSA) is 66.5 Å². The molecule has 2 aromatic rings. The highest BCUT2D eigenvalue weighted by Crippen LogP contribution is 2.38. The molecule has 0 unspecified atom stereocenters. The molecule has 136 valence electrons. The van der Waals surface area contributed by atoms with E-state index in [0.717, 1.165) is 41.8 Å². The summed E-state index contributed by atoms with van der Waals surface area (Å²) < 4.78 is 54.3. The standard InChI is InChI=1S/C18H16F2N2O3S/c19-13-4-5-16(15(20)10-13)26(24,25)21-14-8-11-2-1-7-22-17(23)6-3-12(9-14)18(11)22/h4-5,8-10,21H,1-3,6-7H2. The highest BCUT2D eigenvalue weighted by atomic mass is 32.2. The average molecular weight is 378 g/mol. The Morgan fingerprint density at radius 3 is 2.46 bits per heavy atom. The lowest BCUT2D eigenvalue weighted by atomic mass is 9.91. The Kier molecular flexibility index (Phi) is 3.95. The van der Waals surface area contributed by atoms with E-state index in [1.54, 1.807) is 17.0 Å². The molecule has 0 spiro atoms. The first-order valence-electron chi connectivity index (χ1n) is 8.29. The number of amides is 1. The van der Waals surface area contributed by atoms with E-state index in [2.05, 4.69) is 4.72 Å². The quantitative estimate of drug-likeness (QED) is 0.893. The number of anilines is 2. The summed E-state index contributed by atoms with van der Waals surface area (Å²) >= 11 is 0. The Bertz CT molecular complexity index is 1000. The Hall–Kier alpha value is -2.48. The molecule has 0 aromatic heterocycles.